The second kappa shape index (κ2) is 16.0. The summed E-state index contributed by atoms with van der Waals surface area (Å²) in [6.45, 7) is 13.5. The van der Waals surface area contributed by atoms with Crippen LogP contribution in [0.5, 0.6) is 0 Å². The van der Waals surface area contributed by atoms with Crippen molar-refractivity contribution < 1.29 is 0 Å². The van der Waals surface area contributed by atoms with Gasteiger partial charge in [-0.2, -0.15) is 0 Å². The number of hydrogen-bond acceptors (Lipinski definition) is 1. The predicted molar refractivity (Wildman–Crippen MR) is 53.2 cm³/mol. The van der Waals surface area contributed by atoms with E-state index in [1.54, 1.807) is 0 Å². The van der Waals surface area contributed by atoms with Gasteiger partial charge >= 0.3 is 38.4 Å². The molecule has 2 heteroatoms. The molecule has 1 N–H and O–H groups in total. The van der Waals surface area contributed by atoms with Crippen LogP contribution in [-0.2, 0) is 0 Å². The fourth-order valence-corrected chi connectivity index (χ4v) is 0.862. The summed E-state index contributed by atoms with van der Waals surface area (Å²) in [4.78, 5) is 4.00. The first-order chi connectivity index (χ1) is 4.83. The summed E-state index contributed by atoms with van der Waals surface area (Å²) in [5.41, 5.74) is 0. The van der Waals surface area contributed by atoms with Gasteiger partial charge in [-0.05, 0) is 13.1 Å². The minimum atomic E-state index is -0.375. The van der Waals surface area contributed by atoms with E-state index >= 15 is 0 Å². The topological polar surface area (TPSA) is 12.0 Å². The average molecular weight is 202 g/mol. The molecule has 1 nitrogen and oxygen atoms in total. The summed E-state index contributed by atoms with van der Waals surface area (Å²) >= 11 is -0.375. The third-order valence-corrected chi connectivity index (χ3v) is 2.23. The van der Waals surface area contributed by atoms with Gasteiger partial charge in [0.05, 0.1) is 0 Å². The number of rotatable bonds is 4. The fraction of sp³-hybridized carbons (Fsp3) is 0.500. The standard InChI is InChI=1S/C4H8Ge.C4H11N/c2*1-3-5-4-2/h3-4H,1-2,5H2;5H,3-4H2,1-2H3. The van der Waals surface area contributed by atoms with Crippen molar-refractivity contribution >= 4 is 15.4 Å². The SMILES string of the molecule is C=[CH][GeH2][CH]=C.CCNCC. The zero-order valence-electron chi connectivity index (χ0n) is 7.19. The first-order valence-corrected chi connectivity index (χ1v) is 7.18. The first kappa shape index (κ1) is 12.6. The predicted octanol–water partition coefficient (Wildman–Crippen LogP) is 1.06. The van der Waals surface area contributed by atoms with Crippen molar-refractivity contribution in [3.63, 3.8) is 0 Å². The van der Waals surface area contributed by atoms with Crippen LogP contribution in [0.25, 0.3) is 0 Å². The van der Waals surface area contributed by atoms with Gasteiger partial charge in [0.25, 0.3) is 0 Å². The van der Waals surface area contributed by atoms with Crippen molar-refractivity contribution in [1.82, 2.24) is 5.32 Å². The van der Waals surface area contributed by atoms with E-state index in [0.29, 0.717) is 0 Å². The van der Waals surface area contributed by atoms with Crippen LogP contribution in [0.3, 0.4) is 0 Å². The monoisotopic (exact) mass is 203 g/mol. The molecule has 0 aromatic heterocycles. The van der Waals surface area contributed by atoms with Crippen molar-refractivity contribution in [3.05, 3.63) is 23.0 Å². The minimum absolute atomic E-state index is 0.375. The van der Waals surface area contributed by atoms with E-state index in [1.807, 2.05) is 9.82 Å². The van der Waals surface area contributed by atoms with Gasteiger partial charge in [-0.3, -0.25) is 0 Å². The maximum absolute atomic E-state index is 3.56. The van der Waals surface area contributed by atoms with Gasteiger partial charge in [0.1, 0.15) is 0 Å². The molecular weight excluding hydrogens is 183 g/mol. The molecule has 0 spiro atoms. The Morgan fingerprint density at radius 3 is 1.60 bits per heavy atom. The minimum Gasteiger partial charge on any atom is -0.317 e. The molecule has 0 bridgehead atoms. The molecule has 0 atom stereocenters. The van der Waals surface area contributed by atoms with Gasteiger partial charge in [0.2, 0.25) is 0 Å². The molecule has 60 valence electrons. The van der Waals surface area contributed by atoms with Gasteiger partial charge in [-0.25, -0.2) is 0 Å². The van der Waals surface area contributed by atoms with Crippen molar-refractivity contribution in [3.8, 4) is 0 Å². The van der Waals surface area contributed by atoms with Crippen molar-refractivity contribution in [2.75, 3.05) is 13.1 Å². The summed E-state index contributed by atoms with van der Waals surface area (Å²) in [5.74, 6) is 0. The van der Waals surface area contributed by atoms with Crippen LogP contribution in [0.15, 0.2) is 23.0 Å². The Labute approximate surface area is 71.1 Å². The molecule has 0 aliphatic heterocycles. The van der Waals surface area contributed by atoms with E-state index in [2.05, 4.69) is 32.3 Å². The van der Waals surface area contributed by atoms with Gasteiger partial charge in [0, 0.05) is 0 Å². The van der Waals surface area contributed by atoms with E-state index in [-0.39, 0.29) is 15.4 Å². The molecule has 0 unspecified atom stereocenters. The molecule has 0 amide bonds. The Balaban J connectivity index is 0. The van der Waals surface area contributed by atoms with Crippen molar-refractivity contribution in [2.24, 2.45) is 0 Å². The molecule has 10 heavy (non-hydrogen) atoms. The quantitative estimate of drug-likeness (QED) is 0.671. The van der Waals surface area contributed by atoms with Crippen molar-refractivity contribution in [1.29, 1.82) is 0 Å². The third kappa shape index (κ3) is 24.5. The van der Waals surface area contributed by atoms with Crippen LogP contribution in [0, 0.1) is 0 Å². The summed E-state index contributed by atoms with van der Waals surface area (Å²) < 4.78 is 0. The zero-order valence-corrected chi connectivity index (χ0v) is 10.2. The van der Waals surface area contributed by atoms with Crippen LogP contribution < -0.4 is 5.32 Å². The van der Waals surface area contributed by atoms with E-state index in [0.717, 1.165) is 13.1 Å². The summed E-state index contributed by atoms with van der Waals surface area (Å²) in [5, 5.41) is 3.11. The first-order valence-electron chi connectivity index (χ1n) is 3.75. The molecular formula is C8H19GeN. The maximum atomic E-state index is 3.56. The molecule has 0 fully saturated rings. The Morgan fingerprint density at radius 1 is 1.20 bits per heavy atom. The summed E-state index contributed by atoms with van der Waals surface area (Å²) in [7, 11) is 0. The normalized spacial score (nSPS) is 7.40. The zero-order chi connectivity index (χ0) is 8.24. The Morgan fingerprint density at radius 2 is 1.60 bits per heavy atom. The van der Waals surface area contributed by atoms with Crippen LogP contribution >= 0.6 is 0 Å². The number of nitrogens with one attached hydrogen (secondary N) is 1. The summed E-state index contributed by atoms with van der Waals surface area (Å²) in [6, 6.07) is 0. The van der Waals surface area contributed by atoms with E-state index in [9.17, 15) is 0 Å². The fourth-order valence-electron chi connectivity index (χ4n) is 0.368. The van der Waals surface area contributed by atoms with Crippen LogP contribution in [0.1, 0.15) is 13.8 Å². The molecule has 0 rings (SSSR count). The molecule has 0 aliphatic rings. The Bertz CT molecular complexity index is 63.7. The molecule has 0 saturated carbocycles. The molecule has 0 aromatic carbocycles. The second-order valence-corrected chi connectivity index (χ2v) is 5.18. The van der Waals surface area contributed by atoms with E-state index < -0.39 is 0 Å². The molecule has 0 aromatic rings. The van der Waals surface area contributed by atoms with Gasteiger partial charge in [-0.1, -0.05) is 13.8 Å². The molecule has 0 heterocycles. The second-order valence-electron chi connectivity index (χ2n) is 1.77. The Hall–Kier alpha value is -0.0171. The van der Waals surface area contributed by atoms with Crippen molar-refractivity contribution in [2.45, 2.75) is 13.8 Å². The van der Waals surface area contributed by atoms with Crippen LogP contribution in [0.4, 0.5) is 0 Å². The third-order valence-electron chi connectivity index (χ3n) is 0.833. The molecule has 0 saturated heterocycles. The average Bonchev–Trinajstić information content (AvgIpc) is 1.93. The molecule has 0 radical (unpaired) electrons. The summed E-state index contributed by atoms with van der Waals surface area (Å²) in [6.07, 6.45) is 0. The maximum Gasteiger partial charge on any atom is -0.00775 e. The molecule has 0 aliphatic carbocycles. The van der Waals surface area contributed by atoms with Crippen LogP contribution in [-0.4, -0.2) is 28.5 Å². The van der Waals surface area contributed by atoms with Gasteiger partial charge in [0.15, 0.2) is 0 Å². The smallest absolute Gasteiger partial charge is 0.00775 e. The van der Waals surface area contributed by atoms with E-state index in [1.165, 1.54) is 0 Å². The van der Waals surface area contributed by atoms with Crippen LogP contribution in [0.2, 0.25) is 0 Å². The van der Waals surface area contributed by atoms with E-state index in [4.69, 9.17) is 0 Å². The largest absolute Gasteiger partial charge is 0.317 e. The van der Waals surface area contributed by atoms with Gasteiger partial charge in [-0.15, -0.1) is 0 Å². The van der Waals surface area contributed by atoms with Gasteiger partial charge < -0.3 is 5.32 Å². The Kier molecular flexibility index (Phi) is 20.2. The number of hydrogen-bond donors (Lipinski definition) is 1.